The van der Waals surface area contributed by atoms with E-state index in [1.165, 1.54) is 0 Å². The molecule has 1 fully saturated rings. The minimum Gasteiger partial charge on any atom is -0.422 e. The number of nitrogens with zero attached hydrogens (tertiary/aromatic N) is 2. The van der Waals surface area contributed by atoms with Gasteiger partial charge in [-0.05, 0) is 62.5 Å². The van der Waals surface area contributed by atoms with Crippen LogP contribution in [0.4, 0.5) is 0 Å². The summed E-state index contributed by atoms with van der Waals surface area (Å²) in [4.78, 5) is 28.5. The van der Waals surface area contributed by atoms with Gasteiger partial charge in [-0.1, -0.05) is 13.0 Å². The maximum Gasteiger partial charge on any atom is 0.336 e. The van der Waals surface area contributed by atoms with Crippen LogP contribution in [0.5, 0.6) is 0 Å². The van der Waals surface area contributed by atoms with E-state index in [4.69, 9.17) is 4.42 Å². The fourth-order valence-corrected chi connectivity index (χ4v) is 4.01. The van der Waals surface area contributed by atoms with Crippen LogP contribution in [0.25, 0.3) is 11.0 Å². The van der Waals surface area contributed by atoms with Gasteiger partial charge in [-0.3, -0.25) is 9.69 Å². The van der Waals surface area contributed by atoms with Crippen LogP contribution in [0.15, 0.2) is 27.4 Å². The van der Waals surface area contributed by atoms with Gasteiger partial charge in [-0.25, -0.2) is 4.79 Å². The molecule has 2 aromatic rings. The summed E-state index contributed by atoms with van der Waals surface area (Å²) < 4.78 is 5.44. The maximum absolute atomic E-state index is 12.4. The van der Waals surface area contributed by atoms with Crippen LogP contribution >= 0.6 is 0 Å². The number of amides is 1. The van der Waals surface area contributed by atoms with E-state index in [9.17, 15) is 9.59 Å². The minimum absolute atomic E-state index is 0.203. The molecule has 1 aromatic heterocycles. The Balaban J connectivity index is 1.83. The zero-order valence-electron chi connectivity index (χ0n) is 16.4. The smallest absolute Gasteiger partial charge is 0.336 e. The van der Waals surface area contributed by atoms with Crippen molar-refractivity contribution in [3.8, 4) is 0 Å². The van der Waals surface area contributed by atoms with Gasteiger partial charge in [-0.15, -0.1) is 0 Å². The van der Waals surface area contributed by atoms with Gasteiger partial charge < -0.3 is 9.32 Å². The normalized spacial score (nSPS) is 17.4. The first-order valence-electron chi connectivity index (χ1n) is 9.18. The van der Waals surface area contributed by atoms with Gasteiger partial charge in [0, 0.05) is 37.5 Å². The van der Waals surface area contributed by atoms with Crippen molar-refractivity contribution in [2.45, 2.75) is 40.2 Å². The highest BCUT2D eigenvalue weighted by Crippen LogP contribution is 2.33. The Bertz CT molecular complexity index is 890. The average Bonchev–Trinajstić information content (AvgIpc) is 2.57. The molecule has 0 atom stereocenters. The molecule has 26 heavy (non-hydrogen) atoms. The first kappa shape index (κ1) is 18.6. The van der Waals surface area contributed by atoms with Crippen molar-refractivity contribution >= 4 is 16.9 Å². The van der Waals surface area contributed by atoms with E-state index in [-0.39, 0.29) is 16.9 Å². The predicted molar refractivity (Wildman–Crippen MR) is 103 cm³/mol. The number of benzene rings is 1. The number of carbonyl (C=O) groups is 1. The second-order valence-electron chi connectivity index (χ2n) is 8.09. The third-order valence-electron chi connectivity index (χ3n) is 5.54. The number of aryl methyl sites for hydroxylation is 2. The van der Waals surface area contributed by atoms with Gasteiger partial charge in [0.25, 0.3) is 0 Å². The summed E-state index contributed by atoms with van der Waals surface area (Å²) in [5.41, 5.74) is 3.25. The molecule has 1 aliphatic heterocycles. The van der Waals surface area contributed by atoms with Gasteiger partial charge in [0.05, 0.1) is 0 Å². The van der Waals surface area contributed by atoms with Crippen LogP contribution in [0.2, 0.25) is 0 Å². The lowest BCUT2D eigenvalue weighted by atomic mass is 9.79. The monoisotopic (exact) mass is 356 g/mol. The van der Waals surface area contributed by atoms with Crippen LogP contribution in [0.3, 0.4) is 0 Å². The Morgan fingerprint density at radius 2 is 1.85 bits per heavy atom. The third-order valence-corrected chi connectivity index (χ3v) is 5.54. The molecule has 0 bridgehead atoms. The van der Waals surface area contributed by atoms with Crippen LogP contribution in [0.1, 0.15) is 36.5 Å². The molecule has 2 heterocycles. The molecule has 3 rings (SSSR count). The molecule has 1 saturated heterocycles. The molecule has 5 heteroatoms. The average molecular weight is 356 g/mol. The highest BCUT2D eigenvalue weighted by atomic mass is 16.4. The van der Waals surface area contributed by atoms with Crippen molar-refractivity contribution in [2.75, 3.05) is 27.2 Å². The summed E-state index contributed by atoms with van der Waals surface area (Å²) in [6, 6.07) is 5.73. The van der Waals surface area contributed by atoms with Crippen LogP contribution < -0.4 is 5.63 Å². The summed E-state index contributed by atoms with van der Waals surface area (Å²) in [5.74, 6) is 0.203. The molecular weight excluding hydrogens is 328 g/mol. The fraction of sp³-hybridized carbons (Fsp3) is 0.524. The van der Waals surface area contributed by atoms with Gasteiger partial charge in [-0.2, -0.15) is 0 Å². The van der Waals surface area contributed by atoms with Gasteiger partial charge in [0.15, 0.2) is 0 Å². The first-order valence-corrected chi connectivity index (χ1v) is 9.18. The zero-order valence-corrected chi connectivity index (χ0v) is 16.4. The number of piperidine rings is 1. The molecular formula is C21H28N2O3. The van der Waals surface area contributed by atoms with E-state index in [1.54, 1.807) is 11.0 Å². The Labute approximate surface area is 154 Å². The molecule has 140 valence electrons. The fourth-order valence-electron chi connectivity index (χ4n) is 4.01. The number of rotatable bonds is 3. The van der Waals surface area contributed by atoms with Crippen molar-refractivity contribution in [1.29, 1.82) is 0 Å². The minimum atomic E-state index is -0.302. The topological polar surface area (TPSA) is 53.8 Å². The largest absolute Gasteiger partial charge is 0.422 e. The Morgan fingerprint density at radius 3 is 2.46 bits per heavy atom. The van der Waals surface area contributed by atoms with Gasteiger partial charge in [0.2, 0.25) is 5.91 Å². The Morgan fingerprint density at radius 1 is 1.19 bits per heavy atom. The summed E-state index contributed by atoms with van der Waals surface area (Å²) in [5, 5.41) is 1.01. The molecule has 0 unspecified atom stereocenters. The summed E-state index contributed by atoms with van der Waals surface area (Å²) in [7, 11) is 3.64. The Hall–Kier alpha value is -2.14. The summed E-state index contributed by atoms with van der Waals surface area (Å²) in [6.45, 7) is 8.50. The van der Waals surface area contributed by atoms with Crippen molar-refractivity contribution in [3.05, 3.63) is 45.3 Å². The van der Waals surface area contributed by atoms with Gasteiger partial charge in [0.1, 0.15) is 5.58 Å². The Kier molecular flexibility index (Phi) is 4.93. The first-order chi connectivity index (χ1) is 12.2. The van der Waals surface area contributed by atoms with Crippen molar-refractivity contribution in [2.24, 2.45) is 5.41 Å². The van der Waals surface area contributed by atoms with E-state index in [0.717, 1.165) is 48.0 Å². The van der Waals surface area contributed by atoms with Crippen LogP contribution in [-0.2, 0) is 11.3 Å². The summed E-state index contributed by atoms with van der Waals surface area (Å²) >= 11 is 0. The van der Waals surface area contributed by atoms with Crippen LogP contribution in [0, 0.1) is 19.3 Å². The molecule has 5 nitrogen and oxygen atoms in total. The van der Waals surface area contributed by atoms with Gasteiger partial charge >= 0.3 is 5.63 Å². The molecule has 0 saturated carbocycles. The number of carbonyl (C=O) groups excluding carboxylic acids is 1. The van der Waals surface area contributed by atoms with Crippen molar-refractivity contribution in [1.82, 2.24) is 9.80 Å². The van der Waals surface area contributed by atoms with Crippen LogP contribution in [-0.4, -0.2) is 42.9 Å². The molecule has 1 aliphatic rings. The highest BCUT2D eigenvalue weighted by Gasteiger charge is 2.37. The second-order valence-corrected chi connectivity index (χ2v) is 8.09. The molecule has 0 spiro atoms. The summed E-state index contributed by atoms with van der Waals surface area (Å²) in [6.07, 6.45) is 1.67. The molecule has 1 amide bonds. The number of fused-ring (bicyclic) bond motifs is 1. The maximum atomic E-state index is 12.4. The highest BCUT2D eigenvalue weighted by molar-refractivity contribution is 5.84. The predicted octanol–water partition coefficient (Wildman–Crippen LogP) is 3.10. The lowest BCUT2D eigenvalue weighted by Gasteiger charge is -2.39. The lowest BCUT2D eigenvalue weighted by Crippen LogP contribution is -2.46. The molecule has 0 aliphatic carbocycles. The number of likely N-dealkylation sites (tertiary alicyclic amines) is 1. The number of hydrogen-bond donors (Lipinski definition) is 0. The van der Waals surface area contributed by atoms with E-state index < -0.39 is 0 Å². The van der Waals surface area contributed by atoms with Crippen molar-refractivity contribution < 1.29 is 9.21 Å². The van der Waals surface area contributed by atoms with E-state index in [1.807, 2.05) is 27.1 Å². The molecule has 0 N–H and O–H groups in total. The lowest BCUT2D eigenvalue weighted by molar-refractivity contribution is -0.141. The molecule has 0 radical (unpaired) electrons. The quantitative estimate of drug-likeness (QED) is 0.793. The van der Waals surface area contributed by atoms with E-state index in [0.29, 0.717) is 12.1 Å². The van der Waals surface area contributed by atoms with Crippen molar-refractivity contribution in [3.63, 3.8) is 0 Å². The standard InChI is InChI=1S/C21H28N2O3/c1-14-10-15(2)19-17(11-14)16(12-18(24)26-19)13-23-8-6-21(3,7-9-23)20(25)22(4)5/h10-12H,6-9,13H2,1-5H3. The van der Waals surface area contributed by atoms with E-state index >= 15 is 0 Å². The molecule has 1 aromatic carbocycles. The second kappa shape index (κ2) is 6.88. The third kappa shape index (κ3) is 3.54. The SMILES string of the molecule is Cc1cc(C)c2oc(=O)cc(CN3CCC(C)(C(=O)N(C)C)CC3)c2c1. The van der Waals surface area contributed by atoms with E-state index in [2.05, 4.69) is 24.8 Å². The number of hydrogen-bond acceptors (Lipinski definition) is 4. The zero-order chi connectivity index (χ0) is 19.1.